The smallest absolute Gasteiger partial charge is 0.259 e. The fourth-order valence-electron chi connectivity index (χ4n) is 1.79. The molecule has 0 aliphatic carbocycles. The van der Waals surface area contributed by atoms with Crippen LogP contribution < -0.4 is 10.6 Å². The van der Waals surface area contributed by atoms with Gasteiger partial charge in [0.25, 0.3) is 5.91 Å². The Morgan fingerprint density at radius 1 is 1.16 bits per heavy atom. The van der Waals surface area contributed by atoms with Gasteiger partial charge in [-0.05, 0) is 43.2 Å². The molecular weight excluding hydrogens is 238 g/mol. The number of hydrogen-bond donors (Lipinski definition) is 1. The maximum atomic E-state index is 12.4. The zero-order valence-electron chi connectivity index (χ0n) is 11.3. The largest absolute Gasteiger partial charge is 0.399 e. The SMILES string of the molecule is Cc1ccc(C(=O)N(C)c2cc(N)ccn2)cc1C. The number of nitrogens with two attached hydrogens (primary N) is 1. The highest BCUT2D eigenvalue weighted by molar-refractivity contribution is 6.05. The van der Waals surface area contributed by atoms with E-state index in [4.69, 9.17) is 5.73 Å². The number of hydrogen-bond acceptors (Lipinski definition) is 3. The van der Waals surface area contributed by atoms with Crippen LogP contribution in [0.5, 0.6) is 0 Å². The van der Waals surface area contributed by atoms with Crippen molar-refractivity contribution in [2.24, 2.45) is 0 Å². The highest BCUT2D eigenvalue weighted by atomic mass is 16.2. The number of amides is 1. The van der Waals surface area contributed by atoms with Gasteiger partial charge in [-0.2, -0.15) is 0 Å². The molecular formula is C15H17N3O. The first-order valence-corrected chi connectivity index (χ1v) is 6.06. The van der Waals surface area contributed by atoms with Gasteiger partial charge in [0.1, 0.15) is 5.82 Å². The Morgan fingerprint density at radius 3 is 2.53 bits per heavy atom. The van der Waals surface area contributed by atoms with E-state index in [1.54, 1.807) is 25.4 Å². The van der Waals surface area contributed by atoms with Crippen LogP contribution >= 0.6 is 0 Å². The minimum absolute atomic E-state index is 0.0961. The average Bonchev–Trinajstić information content (AvgIpc) is 2.40. The summed E-state index contributed by atoms with van der Waals surface area (Å²) in [6.45, 7) is 4.01. The standard InChI is InChI=1S/C15H17N3O/c1-10-4-5-12(8-11(10)2)15(19)18(3)14-9-13(16)6-7-17-14/h4-9H,1-3H3,(H2,16,17). The van der Waals surface area contributed by atoms with Gasteiger partial charge in [0.05, 0.1) is 0 Å². The number of nitrogens with zero attached hydrogens (tertiary/aromatic N) is 2. The van der Waals surface area contributed by atoms with Gasteiger partial charge in [0.2, 0.25) is 0 Å². The number of benzene rings is 1. The van der Waals surface area contributed by atoms with Gasteiger partial charge in [-0.15, -0.1) is 0 Å². The third-order valence-electron chi connectivity index (χ3n) is 3.17. The van der Waals surface area contributed by atoms with Crippen LogP contribution in [0.1, 0.15) is 21.5 Å². The average molecular weight is 255 g/mol. The van der Waals surface area contributed by atoms with E-state index in [2.05, 4.69) is 4.98 Å². The van der Waals surface area contributed by atoms with E-state index in [0.717, 1.165) is 5.56 Å². The lowest BCUT2D eigenvalue weighted by Crippen LogP contribution is -2.27. The topological polar surface area (TPSA) is 59.2 Å². The molecule has 1 amide bonds. The molecule has 4 heteroatoms. The van der Waals surface area contributed by atoms with Crippen molar-refractivity contribution in [3.8, 4) is 0 Å². The van der Waals surface area contributed by atoms with Crippen LogP contribution in [-0.4, -0.2) is 17.9 Å². The summed E-state index contributed by atoms with van der Waals surface area (Å²) in [5.74, 6) is 0.449. The molecule has 1 aromatic heterocycles. The maximum Gasteiger partial charge on any atom is 0.259 e. The number of nitrogen functional groups attached to an aromatic ring is 1. The summed E-state index contributed by atoms with van der Waals surface area (Å²) in [6.07, 6.45) is 1.59. The highest BCUT2D eigenvalue weighted by Gasteiger charge is 2.15. The monoisotopic (exact) mass is 255 g/mol. The minimum Gasteiger partial charge on any atom is -0.399 e. The van der Waals surface area contributed by atoms with Crippen molar-refractivity contribution < 1.29 is 4.79 Å². The van der Waals surface area contributed by atoms with Crippen LogP contribution in [0, 0.1) is 13.8 Å². The summed E-state index contributed by atoms with van der Waals surface area (Å²) >= 11 is 0. The molecule has 0 saturated heterocycles. The summed E-state index contributed by atoms with van der Waals surface area (Å²) in [5.41, 5.74) is 9.20. The summed E-state index contributed by atoms with van der Waals surface area (Å²) in [5, 5.41) is 0. The van der Waals surface area contributed by atoms with E-state index in [0.29, 0.717) is 17.1 Å². The molecule has 0 saturated carbocycles. The fraction of sp³-hybridized carbons (Fsp3) is 0.200. The van der Waals surface area contributed by atoms with E-state index in [1.165, 1.54) is 10.5 Å². The Kier molecular flexibility index (Phi) is 3.51. The van der Waals surface area contributed by atoms with Crippen LogP contribution in [0.2, 0.25) is 0 Å². The Labute approximate surface area is 112 Å². The molecule has 2 aromatic rings. The number of carbonyl (C=O) groups excluding carboxylic acids is 1. The number of anilines is 2. The second-order valence-corrected chi connectivity index (χ2v) is 4.61. The Balaban J connectivity index is 2.30. The van der Waals surface area contributed by atoms with Crippen molar-refractivity contribution in [2.45, 2.75) is 13.8 Å². The van der Waals surface area contributed by atoms with Crippen LogP contribution in [0.25, 0.3) is 0 Å². The van der Waals surface area contributed by atoms with E-state index in [1.807, 2.05) is 32.0 Å². The molecule has 0 fully saturated rings. The van der Waals surface area contributed by atoms with Gasteiger partial charge in [0, 0.05) is 30.6 Å². The number of aryl methyl sites for hydroxylation is 2. The Morgan fingerprint density at radius 2 is 1.89 bits per heavy atom. The van der Waals surface area contributed by atoms with Crippen LogP contribution in [0.4, 0.5) is 11.5 Å². The minimum atomic E-state index is -0.0961. The van der Waals surface area contributed by atoms with Gasteiger partial charge in [0.15, 0.2) is 0 Å². The first-order chi connectivity index (χ1) is 8.99. The Bertz CT molecular complexity index is 623. The molecule has 0 aliphatic rings. The Hall–Kier alpha value is -2.36. The number of aromatic nitrogens is 1. The molecule has 0 unspecified atom stereocenters. The van der Waals surface area contributed by atoms with E-state index in [9.17, 15) is 4.79 Å². The van der Waals surface area contributed by atoms with Crippen LogP contribution in [-0.2, 0) is 0 Å². The molecule has 19 heavy (non-hydrogen) atoms. The van der Waals surface area contributed by atoms with Crippen molar-refractivity contribution >= 4 is 17.4 Å². The molecule has 2 rings (SSSR count). The van der Waals surface area contributed by atoms with Gasteiger partial charge in [-0.3, -0.25) is 9.69 Å². The highest BCUT2D eigenvalue weighted by Crippen LogP contribution is 2.17. The van der Waals surface area contributed by atoms with Gasteiger partial charge in [-0.1, -0.05) is 6.07 Å². The van der Waals surface area contributed by atoms with Crippen molar-refractivity contribution in [3.63, 3.8) is 0 Å². The molecule has 0 spiro atoms. The zero-order chi connectivity index (χ0) is 14.0. The van der Waals surface area contributed by atoms with Crippen LogP contribution in [0.15, 0.2) is 36.5 Å². The van der Waals surface area contributed by atoms with Crippen molar-refractivity contribution in [1.29, 1.82) is 0 Å². The van der Waals surface area contributed by atoms with Gasteiger partial charge >= 0.3 is 0 Å². The number of rotatable bonds is 2. The molecule has 0 atom stereocenters. The number of pyridine rings is 1. The molecule has 1 heterocycles. The van der Waals surface area contributed by atoms with Gasteiger partial charge < -0.3 is 5.73 Å². The van der Waals surface area contributed by atoms with Crippen molar-refractivity contribution in [2.75, 3.05) is 17.7 Å². The molecule has 0 bridgehead atoms. The fourth-order valence-corrected chi connectivity index (χ4v) is 1.79. The maximum absolute atomic E-state index is 12.4. The lowest BCUT2D eigenvalue weighted by molar-refractivity contribution is 0.0992. The van der Waals surface area contributed by atoms with E-state index < -0.39 is 0 Å². The lowest BCUT2D eigenvalue weighted by Gasteiger charge is -2.17. The summed E-state index contributed by atoms with van der Waals surface area (Å²) < 4.78 is 0. The summed E-state index contributed by atoms with van der Waals surface area (Å²) in [6, 6.07) is 9.04. The third kappa shape index (κ3) is 2.73. The third-order valence-corrected chi connectivity index (χ3v) is 3.17. The van der Waals surface area contributed by atoms with E-state index >= 15 is 0 Å². The molecule has 98 valence electrons. The van der Waals surface area contributed by atoms with E-state index in [-0.39, 0.29) is 5.91 Å². The van der Waals surface area contributed by atoms with Crippen molar-refractivity contribution in [3.05, 3.63) is 53.2 Å². The molecule has 1 aromatic carbocycles. The molecule has 2 N–H and O–H groups in total. The lowest BCUT2D eigenvalue weighted by atomic mass is 10.1. The quantitative estimate of drug-likeness (QED) is 0.897. The van der Waals surface area contributed by atoms with Crippen molar-refractivity contribution in [1.82, 2.24) is 4.98 Å². The second kappa shape index (κ2) is 5.10. The molecule has 0 aliphatic heterocycles. The normalized spacial score (nSPS) is 10.3. The predicted octanol–water partition coefficient (Wildman–Crippen LogP) is 2.56. The van der Waals surface area contributed by atoms with Gasteiger partial charge in [-0.25, -0.2) is 4.98 Å². The second-order valence-electron chi connectivity index (χ2n) is 4.61. The summed E-state index contributed by atoms with van der Waals surface area (Å²) in [4.78, 5) is 18.0. The predicted molar refractivity (Wildman–Crippen MR) is 77.3 cm³/mol. The molecule has 4 nitrogen and oxygen atoms in total. The first-order valence-electron chi connectivity index (χ1n) is 6.06. The first kappa shape index (κ1) is 13.1. The molecule has 0 radical (unpaired) electrons. The summed E-state index contributed by atoms with van der Waals surface area (Å²) in [7, 11) is 1.69. The zero-order valence-corrected chi connectivity index (χ0v) is 11.3. The number of carbonyl (C=O) groups is 1. The van der Waals surface area contributed by atoms with Crippen LogP contribution in [0.3, 0.4) is 0 Å².